The number of benzene rings is 1. The van der Waals surface area contributed by atoms with Gasteiger partial charge in [0.15, 0.2) is 5.09 Å². The molecule has 5 heteroatoms. The zero-order valence-corrected chi connectivity index (χ0v) is 10.2. The Hall–Kier alpha value is -0.640. The van der Waals surface area contributed by atoms with E-state index in [0.29, 0.717) is 10.0 Å². The Kier molecular flexibility index (Phi) is 3.24. The van der Waals surface area contributed by atoms with Gasteiger partial charge in [0.1, 0.15) is 5.69 Å². The summed E-state index contributed by atoms with van der Waals surface area (Å²) in [5.74, 6) is 0. The van der Waals surface area contributed by atoms with Gasteiger partial charge in [-0.15, -0.1) is 0 Å². The molecule has 0 N–H and O–H groups in total. The smallest absolute Gasteiger partial charge is 0.193 e. The third kappa shape index (κ3) is 2.30. The lowest BCUT2D eigenvalue weighted by Crippen LogP contribution is -1.77. The van der Waals surface area contributed by atoms with Crippen molar-refractivity contribution in [3.8, 4) is 11.3 Å². The molecule has 0 spiro atoms. The second-order valence-corrected chi connectivity index (χ2v) is 4.49. The largest absolute Gasteiger partial charge is 0.349 e. The molecule has 0 atom stereocenters. The average Bonchev–Trinajstić information content (AvgIpc) is 2.70. The van der Waals surface area contributed by atoms with Crippen LogP contribution in [0.25, 0.3) is 11.3 Å². The molecule has 1 aromatic heterocycles. The minimum Gasteiger partial charge on any atom is -0.349 e. The number of aromatic nitrogens is 1. The van der Waals surface area contributed by atoms with Gasteiger partial charge in [-0.2, -0.15) is 0 Å². The molecule has 0 fully saturated rings. The molecule has 0 aliphatic rings. The second kappa shape index (κ2) is 4.47. The fraction of sp³-hybridized carbons (Fsp3) is 0.100. The van der Waals surface area contributed by atoms with E-state index < -0.39 is 0 Å². The first-order valence-electron chi connectivity index (χ1n) is 4.17. The summed E-state index contributed by atoms with van der Waals surface area (Å²) >= 11 is 13.2. The van der Waals surface area contributed by atoms with Gasteiger partial charge in [-0.1, -0.05) is 46.2 Å². The van der Waals surface area contributed by atoms with Crippen LogP contribution in [0.5, 0.6) is 0 Å². The molecular weight excluding hydrogens is 253 g/mol. The summed E-state index contributed by atoms with van der Waals surface area (Å²) in [7, 11) is 0. The molecule has 0 bridgehead atoms. The van der Waals surface area contributed by atoms with Crippen molar-refractivity contribution in [3.05, 3.63) is 34.3 Å². The average molecular weight is 260 g/mol. The van der Waals surface area contributed by atoms with E-state index in [0.717, 1.165) is 16.3 Å². The van der Waals surface area contributed by atoms with Gasteiger partial charge in [0.2, 0.25) is 0 Å². The van der Waals surface area contributed by atoms with Gasteiger partial charge in [0.25, 0.3) is 0 Å². The van der Waals surface area contributed by atoms with Gasteiger partial charge >= 0.3 is 0 Å². The molecule has 2 nitrogen and oxygen atoms in total. The molecular formula is C10H7Cl2NOS. The lowest BCUT2D eigenvalue weighted by atomic mass is 10.2. The Morgan fingerprint density at radius 3 is 2.60 bits per heavy atom. The van der Waals surface area contributed by atoms with E-state index in [1.807, 2.05) is 18.4 Å². The van der Waals surface area contributed by atoms with Crippen LogP contribution in [0, 0.1) is 0 Å². The maximum Gasteiger partial charge on any atom is 0.193 e. The maximum atomic E-state index is 5.91. The summed E-state index contributed by atoms with van der Waals surface area (Å²) in [5.41, 5.74) is 1.66. The Balaban J connectivity index is 2.40. The highest BCUT2D eigenvalue weighted by molar-refractivity contribution is 7.98. The number of nitrogens with zero attached hydrogens (tertiary/aromatic N) is 1. The number of hydrogen-bond acceptors (Lipinski definition) is 3. The Bertz CT molecular complexity index is 484. The van der Waals surface area contributed by atoms with Gasteiger partial charge in [0.05, 0.1) is 10.0 Å². The number of thioether (sulfide) groups is 1. The predicted octanol–water partition coefficient (Wildman–Crippen LogP) is 4.37. The van der Waals surface area contributed by atoms with Crippen molar-refractivity contribution in [3.63, 3.8) is 0 Å². The summed E-state index contributed by atoms with van der Waals surface area (Å²) in [6, 6.07) is 7.24. The molecule has 1 heterocycles. The molecule has 15 heavy (non-hydrogen) atoms. The molecule has 0 aliphatic carbocycles. The summed E-state index contributed by atoms with van der Waals surface area (Å²) < 4.78 is 5.08. The summed E-state index contributed by atoms with van der Waals surface area (Å²) in [6.45, 7) is 0. The number of rotatable bonds is 2. The zero-order chi connectivity index (χ0) is 10.8. The quantitative estimate of drug-likeness (QED) is 0.750. The molecule has 1 aromatic carbocycles. The summed E-state index contributed by atoms with van der Waals surface area (Å²) in [6.07, 6.45) is 1.93. The molecule has 0 unspecified atom stereocenters. The lowest BCUT2D eigenvalue weighted by molar-refractivity contribution is 0.352. The van der Waals surface area contributed by atoms with Crippen LogP contribution in [0.3, 0.4) is 0 Å². The number of hydrogen-bond donors (Lipinski definition) is 0. The fourth-order valence-electron chi connectivity index (χ4n) is 1.15. The van der Waals surface area contributed by atoms with Crippen molar-refractivity contribution in [2.24, 2.45) is 0 Å². The predicted molar refractivity (Wildman–Crippen MR) is 63.7 cm³/mol. The molecule has 0 radical (unpaired) electrons. The minimum absolute atomic E-state index is 0.517. The van der Waals surface area contributed by atoms with Crippen LogP contribution >= 0.6 is 35.0 Å². The van der Waals surface area contributed by atoms with Crippen LogP contribution in [0.4, 0.5) is 0 Å². The van der Waals surface area contributed by atoms with Crippen LogP contribution in [0.15, 0.2) is 33.9 Å². The lowest BCUT2D eigenvalue weighted by Gasteiger charge is -1.97. The van der Waals surface area contributed by atoms with Crippen LogP contribution in [0.2, 0.25) is 10.0 Å². The second-order valence-electron chi connectivity index (χ2n) is 2.86. The minimum atomic E-state index is 0.517. The summed E-state index contributed by atoms with van der Waals surface area (Å²) in [4.78, 5) is 0. The number of halogens is 2. The molecule has 0 amide bonds. The van der Waals surface area contributed by atoms with E-state index in [-0.39, 0.29) is 0 Å². The van der Waals surface area contributed by atoms with Crippen molar-refractivity contribution < 1.29 is 4.52 Å². The third-order valence-corrected chi connectivity index (χ3v) is 3.24. The highest BCUT2D eigenvalue weighted by Gasteiger charge is 2.07. The first kappa shape index (κ1) is 10.9. The molecule has 0 saturated carbocycles. The summed E-state index contributed by atoms with van der Waals surface area (Å²) in [5, 5.41) is 5.76. The monoisotopic (exact) mass is 259 g/mol. The highest BCUT2D eigenvalue weighted by atomic mass is 35.5. The molecule has 2 aromatic rings. The van der Waals surface area contributed by atoms with Gasteiger partial charge in [-0.25, -0.2) is 0 Å². The van der Waals surface area contributed by atoms with Crippen LogP contribution in [0.1, 0.15) is 0 Å². The van der Waals surface area contributed by atoms with E-state index >= 15 is 0 Å². The van der Waals surface area contributed by atoms with Gasteiger partial charge in [-0.3, -0.25) is 0 Å². The van der Waals surface area contributed by atoms with Crippen LogP contribution < -0.4 is 0 Å². The zero-order valence-electron chi connectivity index (χ0n) is 7.83. The Morgan fingerprint density at radius 2 is 2.00 bits per heavy atom. The standard InChI is InChI=1S/C10H7Cl2NOS/c1-15-10-5-9(13-14-10)6-2-3-7(11)8(12)4-6/h2-5H,1H3. The van der Waals surface area contributed by atoms with Crippen molar-refractivity contribution in [2.45, 2.75) is 5.09 Å². The Morgan fingerprint density at radius 1 is 1.20 bits per heavy atom. The third-order valence-electron chi connectivity index (χ3n) is 1.91. The topological polar surface area (TPSA) is 26.0 Å². The molecule has 0 saturated heterocycles. The van der Waals surface area contributed by atoms with Gasteiger partial charge in [0, 0.05) is 11.6 Å². The molecule has 2 rings (SSSR count). The van der Waals surface area contributed by atoms with Gasteiger partial charge < -0.3 is 4.52 Å². The van der Waals surface area contributed by atoms with Crippen LogP contribution in [-0.4, -0.2) is 11.4 Å². The van der Waals surface area contributed by atoms with Crippen molar-refractivity contribution in [2.75, 3.05) is 6.26 Å². The fourth-order valence-corrected chi connectivity index (χ4v) is 1.79. The molecule has 0 aliphatic heterocycles. The van der Waals surface area contributed by atoms with Crippen molar-refractivity contribution >= 4 is 35.0 Å². The maximum absolute atomic E-state index is 5.91. The normalized spacial score (nSPS) is 10.6. The van der Waals surface area contributed by atoms with Gasteiger partial charge in [-0.05, 0) is 18.4 Å². The first-order chi connectivity index (χ1) is 7.20. The van der Waals surface area contributed by atoms with E-state index in [9.17, 15) is 0 Å². The SMILES string of the molecule is CSc1cc(-c2ccc(Cl)c(Cl)c2)no1. The van der Waals surface area contributed by atoms with Crippen LogP contribution in [-0.2, 0) is 0 Å². The Labute approximate surface area is 102 Å². The van der Waals surface area contributed by atoms with Crippen molar-refractivity contribution in [1.29, 1.82) is 0 Å². The molecule has 78 valence electrons. The van der Waals surface area contributed by atoms with E-state index in [2.05, 4.69) is 5.16 Å². The van der Waals surface area contributed by atoms with Crippen molar-refractivity contribution in [1.82, 2.24) is 5.16 Å². The van der Waals surface area contributed by atoms with E-state index in [1.165, 1.54) is 11.8 Å². The van der Waals surface area contributed by atoms with E-state index in [4.69, 9.17) is 27.7 Å². The highest BCUT2D eigenvalue weighted by Crippen LogP contribution is 2.29. The van der Waals surface area contributed by atoms with E-state index in [1.54, 1.807) is 12.1 Å². The first-order valence-corrected chi connectivity index (χ1v) is 6.15.